The topological polar surface area (TPSA) is 80.6 Å². The summed E-state index contributed by atoms with van der Waals surface area (Å²) in [7, 11) is 0. The fraction of sp³-hybridized carbons (Fsp3) is 0.273. The number of carbonyl (C=O) groups is 2. The first kappa shape index (κ1) is 19.5. The van der Waals surface area contributed by atoms with Crippen LogP contribution in [0.2, 0.25) is 0 Å². The second-order valence-corrected chi connectivity index (χ2v) is 7.59. The molecule has 2 aromatic carbocycles. The molecule has 0 aliphatic carbocycles. The molecule has 28 heavy (non-hydrogen) atoms. The lowest BCUT2D eigenvalue weighted by Gasteiger charge is -2.19. The number of hydrogen-bond acceptors (Lipinski definition) is 4. The molecule has 1 aromatic heterocycles. The standard InChI is InChI=1S/C22H24N2O4/c1-14(19-13-16-7-5-6-8-18(16)27-19)23-20(25)15-9-11-17(12-10-15)24-21(26)28-22(2,3)4/h5-14H,1-4H3,(H,23,25)(H,24,26)/t14-/m1/s1. The highest BCUT2D eigenvalue weighted by Gasteiger charge is 2.17. The first-order valence-electron chi connectivity index (χ1n) is 9.11. The van der Waals surface area contributed by atoms with Crippen molar-refractivity contribution in [3.63, 3.8) is 0 Å². The lowest BCUT2D eigenvalue weighted by molar-refractivity contribution is 0.0635. The third-order valence-electron chi connectivity index (χ3n) is 4.01. The number of rotatable bonds is 4. The van der Waals surface area contributed by atoms with Crippen LogP contribution in [0.15, 0.2) is 59.0 Å². The molecule has 0 fully saturated rings. The van der Waals surface area contributed by atoms with E-state index in [-0.39, 0.29) is 11.9 Å². The Hall–Kier alpha value is -3.28. The maximum absolute atomic E-state index is 12.5. The number of carbonyl (C=O) groups excluding carboxylic acids is 2. The minimum absolute atomic E-state index is 0.225. The Morgan fingerprint density at radius 3 is 2.36 bits per heavy atom. The van der Waals surface area contributed by atoms with Crippen molar-refractivity contribution in [2.24, 2.45) is 0 Å². The molecule has 146 valence electrons. The highest BCUT2D eigenvalue weighted by Crippen LogP contribution is 2.24. The third-order valence-corrected chi connectivity index (χ3v) is 4.01. The Morgan fingerprint density at radius 1 is 1.04 bits per heavy atom. The molecule has 0 aliphatic heterocycles. The van der Waals surface area contributed by atoms with Gasteiger partial charge in [0.15, 0.2) is 0 Å². The molecule has 0 radical (unpaired) electrons. The van der Waals surface area contributed by atoms with Gasteiger partial charge in [-0.15, -0.1) is 0 Å². The van der Waals surface area contributed by atoms with Gasteiger partial charge in [-0.05, 0) is 64.1 Å². The number of para-hydroxylation sites is 1. The van der Waals surface area contributed by atoms with E-state index in [9.17, 15) is 9.59 Å². The molecule has 3 rings (SSSR count). The summed E-state index contributed by atoms with van der Waals surface area (Å²) in [6.07, 6.45) is -0.539. The van der Waals surface area contributed by atoms with Crippen LogP contribution < -0.4 is 10.6 Å². The van der Waals surface area contributed by atoms with E-state index in [1.54, 1.807) is 45.0 Å². The maximum atomic E-state index is 12.5. The van der Waals surface area contributed by atoms with Gasteiger partial charge in [0, 0.05) is 16.6 Å². The van der Waals surface area contributed by atoms with Crippen LogP contribution in [0.25, 0.3) is 11.0 Å². The Morgan fingerprint density at radius 2 is 1.71 bits per heavy atom. The summed E-state index contributed by atoms with van der Waals surface area (Å²) >= 11 is 0. The highest BCUT2D eigenvalue weighted by atomic mass is 16.6. The van der Waals surface area contributed by atoms with Gasteiger partial charge < -0.3 is 14.5 Å². The minimum atomic E-state index is -0.573. The molecule has 2 N–H and O–H groups in total. The van der Waals surface area contributed by atoms with Crippen molar-refractivity contribution in [3.8, 4) is 0 Å². The van der Waals surface area contributed by atoms with Crippen molar-refractivity contribution in [1.82, 2.24) is 5.32 Å². The zero-order chi connectivity index (χ0) is 20.3. The van der Waals surface area contributed by atoms with Gasteiger partial charge in [0.1, 0.15) is 16.9 Å². The van der Waals surface area contributed by atoms with Crippen LogP contribution >= 0.6 is 0 Å². The zero-order valence-corrected chi connectivity index (χ0v) is 16.4. The Balaban J connectivity index is 1.61. The monoisotopic (exact) mass is 380 g/mol. The van der Waals surface area contributed by atoms with Gasteiger partial charge in [-0.25, -0.2) is 4.79 Å². The van der Waals surface area contributed by atoms with Crippen LogP contribution in [-0.4, -0.2) is 17.6 Å². The summed E-state index contributed by atoms with van der Waals surface area (Å²) < 4.78 is 11.0. The predicted octanol–water partition coefficient (Wildman–Crippen LogP) is 5.27. The molecular formula is C22H24N2O4. The van der Waals surface area contributed by atoms with Crippen molar-refractivity contribution in [1.29, 1.82) is 0 Å². The molecular weight excluding hydrogens is 356 g/mol. The van der Waals surface area contributed by atoms with Gasteiger partial charge in [0.25, 0.3) is 5.91 Å². The van der Waals surface area contributed by atoms with E-state index in [0.717, 1.165) is 11.0 Å². The number of hydrogen-bond donors (Lipinski definition) is 2. The number of fused-ring (bicyclic) bond motifs is 1. The Labute approximate surface area is 163 Å². The van der Waals surface area contributed by atoms with E-state index in [1.807, 2.05) is 37.3 Å². The largest absolute Gasteiger partial charge is 0.459 e. The number of amides is 2. The molecule has 0 unspecified atom stereocenters. The molecule has 0 saturated heterocycles. The highest BCUT2D eigenvalue weighted by molar-refractivity contribution is 5.95. The van der Waals surface area contributed by atoms with Gasteiger partial charge in [0.2, 0.25) is 0 Å². The van der Waals surface area contributed by atoms with Gasteiger partial charge >= 0.3 is 6.09 Å². The molecule has 2 amide bonds. The van der Waals surface area contributed by atoms with Gasteiger partial charge in [0.05, 0.1) is 6.04 Å². The Kier molecular flexibility index (Phi) is 5.40. The maximum Gasteiger partial charge on any atom is 0.412 e. The summed E-state index contributed by atoms with van der Waals surface area (Å²) in [5.41, 5.74) is 1.25. The number of furan rings is 1. The first-order chi connectivity index (χ1) is 13.2. The average molecular weight is 380 g/mol. The van der Waals surface area contributed by atoms with Gasteiger partial charge in [-0.1, -0.05) is 18.2 Å². The zero-order valence-electron chi connectivity index (χ0n) is 16.4. The molecule has 0 spiro atoms. The number of nitrogens with one attached hydrogen (secondary N) is 2. The molecule has 6 nitrogen and oxygen atoms in total. The fourth-order valence-corrected chi connectivity index (χ4v) is 2.69. The van der Waals surface area contributed by atoms with Crippen LogP contribution in [-0.2, 0) is 4.74 Å². The molecule has 1 atom stereocenters. The third kappa shape index (κ3) is 4.91. The van der Waals surface area contributed by atoms with Crippen LogP contribution in [0, 0.1) is 0 Å². The number of benzene rings is 2. The van der Waals surface area contributed by atoms with E-state index >= 15 is 0 Å². The van der Waals surface area contributed by atoms with Crippen molar-refractivity contribution in [2.45, 2.75) is 39.3 Å². The lowest BCUT2D eigenvalue weighted by atomic mass is 10.1. The smallest absolute Gasteiger partial charge is 0.412 e. The molecule has 3 aromatic rings. The van der Waals surface area contributed by atoms with E-state index < -0.39 is 11.7 Å². The van der Waals surface area contributed by atoms with Crippen LogP contribution in [0.1, 0.15) is 49.9 Å². The van der Waals surface area contributed by atoms with Crippen LogP contribution in [0.4, 0.5) is 10.5 Å². The minimum Gasteiger partial charge on any atom is -0.459 e. The Bertz CT molecular complexity index is 951. The van der Waals surface area contributed by atoms with Crippen LogP contribution in [0.5, 0.6) is 0 Å². The van der Waals surface area contributed by atoms with E-state index in [0.29, 0.717) is 17.0 Å². The van der Waals surface area contributed by atoms with Crippen LogP contribution in [0.3, 0.4) is 0 Å². The quantitative estimate of drug-likeness (QED) is 0.646. The van der Waals surface area contributed by atoms with Crippen molar-refractivity contribution in [3.05, 3.63) is 65.9 Å². The summed E-state index contributed by atoms with van der Waals surface area (Å²) in [6, 6.07) is 16.0. The van der Waals surface area contributed by atoms with Gasteiger partial charge in [-0.2, -0.15) is 0 Å². The number of anilines is 1. The molecule has 0 aliphatic rings. The van der Waals surface area contributed by atoms with Crippen molar-refractivity contribution >= 4 is 28.7 Å². The fourth-order valence-electron chi connectivity index (χ4n) is 2.69. The van der Waals surface area contributed by atoms with E-state index in [2.05, 4.69) is 10.6 Å². The first-order valence-corrected chi connectivity index (χ1v) is 9.11. The van der Waals surface area contributed by atoms with Gasteiger partial charge in [-0.3, -0.25) is 10.1 Å². The average Bonchev–Trinajstić information content (AvgIpc) is 3.05. The SMILES string of the molecule is C[C@@H](NC(=O)c1ccc(NC(=O)OC(C)(C)C)cc1)c1cc2ccccc2o1. The second kappa shape index (κ2) is 7.76. The summed E-state index contributed by atoms with van der Waals surface area (Å²) in [5.74, 6) is 0.467. The second-order valence-electron chi connectivity index (χ2n) is 7.59. The molecule has 0 saturated carbocycles. The summed E-state index contributed by atoms with van der Waals surface area (Å²) in [5, 5.41) is 6.55. The predicted molar refractivity (Wildman–Crippen MR) is 108 cm³/mol. The number of ether oxygens (including phenoxy) is 1. The van der Waals surface area contributed by atoms with E-state index in [1.165, 1.54) is 0 Å². The van der Waals surface area contributed by atoms with E-state index in [4.69, 9.17) is 9.15 Å². The molecule has 6 heteroatoms. The summed E-state index contributed by atoms with van der Waals surface area (Å²) in [4.78, 5) is 24.3. The molecule has 0 bridgehead atoms. The van der Waals surface area contributed by atoms with Crippen molar-refractivity contribution in [2.75, 3.05) is 5.32 Å². The van der Waals surface area contributed by atoms with Crippen molar-refractivity contribution < 1.29 is 18.7 Å². The lowest BCUT2D eigenvalue weighted by Crippen LogP contribution is -2.27. The summed E-state index contributed by atoms with van der Waals surface area (Å²) in [6.45, 7) is 7.25. The normalized spacial score (nSPS) is 12.4. The molecule has 1 heterocycles.